The maximum absolute atomic E-state index is 12.3. The third kappa shape index (κ3) is 4.09. The number of esters is 1. The minimum atomic E-state index is -0.510. The van der Waals surface area contributed by atoms with Crippen LogP contribution < -0.4 is 5.32 Å². The van der Waals surface area contributed by atoms with E-state index in [1.807, 2.05) is 13.8 Å². The van der Waals surface area contributed by atoms with Gasteiger partial charge >= 0.3 is 5.97 Å². The van der Waals surface area contributed by atoms with Crippen LogP contribution in [0.4, 0.5) is 5.69 Å². The average molecular weight is 380 g/mol. The number of hydrogen-bond acceptors (Lipinski definition) is 5. The molecule has 144 valence electrons. The molecule has 1 heterocycles. The van der Waals surface area contributed by atoms with Crippen LogP contribution in [0, 0.1) is 5.92 Å². The molecule has 0 spiro atoms. The molecule has 0 atom stereocenters. The molecule has 0 aromatic heterocycles. The number of rotatable bonds is 6. The second kappa shape index (κ2) is 8.04. The lowest BCUT2D eigenvalue weighted by Crippen LogP contribution is -2.37. The first-order valence-corrected chi connectivity index (χ1v) is 8.89. The van der Waals surface area contributed by atoms with Crippen molar-refractivity contribution in [1.82, 2.24) is 4.90 Å². The molecule has 0 saturated carbocycles. The lowest BCUT2D eigenvalue weighted by molar-refractivity contribution is -0.116. The normalized spacial score (nSPS) is 12.9. The summed E-state index contributed by atoms with van der Waals surface area (Å²) in [5.41, 5.74) is 1.41. The molecule has 0 radical (unpaired) electrons. The predicted octanol–water partition coefficient (Wildman–Crippen LogP) is 2.73. The monoisotopic (exact) mass is 380 g/mol. The second-order valence-electron chi connectivity index (χ2n) is 6.86. The van der Waals surface area contributed by atoms with E-state index in [-0.39, 0.29) is 12.5 Å². The van der Waals surface area contributed by atoms with Crippen molar-refractivity contribution in [2.75, 3.05) is 18.5 Å². The van der Waals surface area contributed by atoms with Crippen molar-refractivity contribution in [3.8, 4) is 0 Å². The summed E-state index contributed by atoms with van der Waals surface area (Å²) in [5.74, 6) is -1.68. The van der Waals surface area contributed by atoms with Gasteiger partial charge in [-0.2, -0.15) is 0 Å². The summed E-state index contributed by atoms with van der Waals surface area (Å²) < 4.78 is 5.15. The van der Waals surface area contributed by atoms with Crippen molar-refractivity contribution < 1.29 is 23.9 Å². The van der Waals surface area contributed by atoms with E-state index < -0.39 is 23.7 Å². The standard InChI is InChI=1S/C21H20N2O5/c1-13(2)12-28-21(27)14-7-9-15(10-8-14)22-18(24)11-23-19(25)16-5-3-4-6-17(16)20(23)26/h3-10,13H,11-12H2,1-2H3,(H,22,24). The van der Waals surface area contributed by atoms with Crippen LogP contribution in [0.2, 0.25) is 0 Å². The summed E-state index contributed by atoms with van der Waals surface area (Å²) in [6.07, 6.45) is 0. The smallest absolute Gasteiger partial charge is 0.338 e. The van der Waals surface area contributed by atoms with Gasteiger partial charge in [0.15, 0.2) is 0 Å². The highest BCUT2D eigenvalue weighted by Crippen LogP contribution is 2.22. The van der Waals surface area contributed by atoms with Gasteiger partial charge in [-0.3, -0.25) is 19.3 Å². The maximum Gasteiger partial charge on any atom is 0.338 e. The van der Waals surface area contributed by atoms with E-state index in [9.17, 15) is 19.2 Å². The molecule has 7 heteroatoms. The molecule has 1 aliphatic heterocycles. The van der Waals surface area contributed by atoms with Crippen molar-refractivity contribution >= 4 is 29.4 Å². The fraction of sp³-hybridized carbons (Fsp3) is 0.238. The highest BCUT2D eigenvalue weighted by atomic mass is 16.5. The van der Waals surface area contributed by atoms with Crippen molar-refractivity contribution in [1.29, 1.82) is 0 Å². The predicted molar refractivity (Wildman–Crippen MR) is 102 cm³/mol. The number of ether oxygens (including phenoxy) is 1. The molecular formula is C21H20N2O5. The Morgan fingerprint density at radius 3 is 2.07 bits per heavy atom. The SMILES string of the molecule is CC(C)COC(=O)c1ccc(NC(=O)CN2C(=O)c3ccccc3C2=O)cc1. The molecule has 3 rings (SSSR count). The fourth-order valence-corrected chi connectivity index (χ4v) is 2.74. The molecule has 28 heavy (non-hydrogen) atoms. The van der Waals surface area contributed by atoms with Crippen LogP contribution in [-0.2, 0) is 9.53 Å². The third-order valence-electron chi connectivity index (χ3n) is 4.13. The largest absolute Gasteiger partial charge is 0.462 e. The van der Waals surface area contributed by atoms with Crippen LogP contribution in [0.3, 0.4) is 0 Å². The first kappa shape index (κ1) is 19.3. The zero-order chi connectivity index (χ0) is 20.3. The Labute approximate surface area is 162 Å². The van der Waals surface area contributed by atoms with Crippen molar-refractivity contribution in [3.05, 3.63) is 65.2 Å². The molecule has 7 nitrogen and oxygen atoms in total. The average Bonchev–Trinajstić information content (AvgIpc) is 2.92. The van der Waals surface area contributed by atoms with E-state index in [0.29, 0.717) is 29.0 Å². The number of fused-ring (bicyclic) bond motifs is 1. The van der Waals surface area contributed by atoms with Crippen LogP contribution in [-0.4, -0.2) is 41.7 Å². The second-order valence-corrected chi connectivity index (χ2v) is 6.86. The van der Waals surface area contributed by atoms with E-state index in [1.165, 1.54) is 0 Å². The first-order valence-electron chi connectivity index (χ1n) is 8.89. The summed E-state index contributed by atoms with van der Waals surface area (Å²) in [6.45, 7) is 3.84. The molecule has 0 saturated heterocycles. The highest BCUT2D eigenvalue weighted by molar-refractivity contribution is 6.22. The van der Waals surface area contributed by atoms with Gasteiger partial charge in [0.2, 0.25) is 5.91 Å². The Hall–Kier alpha value is -3.48. The lowest BCUT2D eigenvalue weighted by atomic mass is 10.1. The number of carbonyl (C=O) groups is 4. The molecule has 2 aromatic rings. The molecule has 0 aliphatic carbocycles. The van der Waals surface area contributed by atoms with Gasteiger partial charge in [-0.05, 0) is 42.3 Å². The van der Waals surface area contributed by atoms with Crippen molar-refractivity contribution in [2.24, 2.45) is 5.92 Å². The van der Waals surface area contributed by atoms with Crippen molar-refractivity contribution in [2.45, 2.75) is 13.8 Å². The minimum absolute atomic E-state index is 0.240. The maximum atomic E-state index is 12.3. The number of amides is 3. The number of nitrogens with zero attached hydrogens (tertiary/aromatic N) is 1. The Morgan fingerprint density at radius 1 is 0.964 bits per heavy atom. The summed E-state index contributed by atoms with van der Waals surface area (Å²) >= 11 is 0. The molecule has 3 amide bonds. The quantitative estimate of drug-likeness (QED) is 0.614. The number of carbonyl (C=O) groups excluding carboxylic acids is 4. The highest BCUT2D eigenvalue weighted by Gasteiger charge is 2.36. The number of imide groups is 1. The molecule has 1 aliphatic rings. The zero-order valence-corrected chi connectivity index (χ0v) is 15.6. The number of hydrogen-bond donors (Lipinski definition) is 1. The van der Waals surface area contributed by atoms with Gasteiger partial charge in [0, 0.05) is 5.69 Å². The summed E-state index contributed by atoms with van der Waals surface area (Å²) in [4.78, 5) is 49.7. The first-order chi connectivity index (χ1) is 13.4. The van der Waals surface area contributed by atoms with E-state index >= 15 is 0 Å². The fourth-order valence-electron chi connectivity index (χ4n) is 2.74. The van der Waals surface area contributed by atoms with Gasteiger partial charge in [-0.25, -0.2) is 4.79 Å². The van der Waals surface area contributed by atoms with Crippen LogP contribution in [0.25, 0.3) is 0 Å². The van der Waals surface area contributed by atoms with Crippen LogP contribution >= 0.6 is 0 Å². The topological polar surface area (TPSA) is 92.8 Å². The minimum Gasteiger partial charge on any atom is -0.462 e. The van der Waals surface area contributed by atoms with Gasteiger partial charge in [-0.15, -0.1) is 0 Å². The van der Waals surface area contributed by atoms with Gasteiger partial charge in [0.05, 0.1) is 23.3 Å². The van der Waals surface area contributed by atoms with Gasteiger partial charge < -0.3 is 10.1 Å². The van der Waals surface area contributed by atoms with E-state index in [0.717, 1.165) is 4.90 Å². The van der Waals surface area contributed by atoms with Crippen LogP contribution in [0.1, 0.15) is 44.9 Å². The van der Waals surface area contributed by atoms with Gasteiger partial charge in [-0.1, -0.05) is 26.0 Å². The molecule has 0 fully saturated rings. The lowest BCUT2D eigenvalue weighted by Gasteiger charge is -2.14. The summed E-state index contributed by atoms with van der Waals surface area (Å²) in [7, 11) is 0. The van der Waals surface area contributed by atoms with E-state index in [4.69, 9.17) is 4.74 Å². The van der Waals surface area contributed by atoms with Crippen LogP contribution in [0.5, 0.6) is 0 Å². The Kier molecular flexibility index (Phi) is 5.54. The summed E-state index contributed by atoms with van der Waals surface area (Å²) in [6, 6.07) is 12.7. The Bertz CT molecular complexity index is 899. The number of nitrogens with one attached hydrogen (secondary N) is 1. The van der Waals surface area contributed by atoms with Crippen molar-refractivity contribution in [3.63, 3.8) is 0 Å². The number of anilines is 1. The Morgan fingerprint density at radius 2 is 1.54 bits per heavy atom. The zero-order valence-electron chi connectivity index (χ0n) is 15.6. The number of benzene rings is 2. The molecular weight excluding hydrogens is 360 g/mol. The molecule has 1 N–H and O–H groups in total. The Balaban J connectivity index is 1.59. The van der Waals surface area contributed by atoms with E-state index in [2.05, 4.69) is 5.32 Å². The third-order valence-corrected chi connectivity index (χ3v) is 4.13. The molecule has 2 aromatic carbocycles. The van der Waals surface area contributed by atoms with Crippen LogP contribution in [0.15, 0.2) is 48.5 Å². The van der Waals surface area contributed by atoms with Gasteiger partial charge in [0.1, 0.15) is 6.54 Å². The molecule has 0 bridgehead atoms. The summed E-state index contributed by atoms with van der Waals surface area (Å²) in [5, 5.41) is 2.62. The molecule has 0 unspecified atom stereocenters. The van der Waals surface area contributed by atoms with E-state index in [1.54, 1.807) is 48.5 Å². The van der Waals surface area contributed by atoms with Gasteiger partial charge in [0.25, 0.3) is 11.8 Å².